The van der Waals surface area contributed by atoms with Crippen LogP contribution < -0.4 is 4.57 Å². The second-order valence-electron chi connectivity index (χ2n) is 5.33. The van der Waals surface area contributed by atoms with E-state index in [-0.39, 0.29) is 0 Å². The van der Waals surface area contributed by atoms with E-state index in [4.69, 9.17) is 4.74 Å². The molecular formula is C18H27N2O+. The highest BCUT2D eigenvalue weighted by Gasteiger charge is 2.18. The summed E-state index contributed by atoms with van der Waals surface area (Å²) < 4.78 is 10.1. The largest absolute Gasteiger partial charge is 0.342 e. The van der Waals surface area contributed by atoms with Crippen LogP contribution in [-0.4, -0.2) is 11.2 Å². The number of hydrogen-bond acceptors (Lipinski definition) is 1. The lowest BCUT2D eigenvalue weighted by Crippen LogP contribution is -2.36. The van der Waals surface area contributed by atoms with Crippen molar-refractivity contribution in [2.24, 2.45) is 0 Å². The van der Waals surface area contributed by atoms with Crippen molar-refractivity contribution in [3.05, 3.63) is 42.7 Å². The van der Waals surface area contributed by atoms with Crippen LogP contribution >= 0.6 is 0 Å². The van der Waals surface area contributed by atoms with E-state index in [9.17, 15) is 0 Å². The van der Waals surface area contributed by atoms with Gasteiger partial charge in [0, 0.05) is 6.61 Å². The quantitative estimate of drug-likeness (QED) is 0.503. The molecule has 3 heteroatoms. The molecule has 0 saturated heterocycles. The number of benzene rings is 1. The van der Waals surface area contributed by atoms with Crippen molar-refractivity contribution in [3.63, 3.8) is 0 Å². The van der Waals surface area contributed by atoms with Crippen molar-refractivity contribution >= 4 is 0 Å². The molecule has 2 aromatic rings. The van der Waals surface area contributed by atoms with E-state index in [2.05, 4.69) is 58.8 Å². The summed E-state index contributed by atoms with van der Waals surface area (Å²) in [4.78, 5) is 0. The van der Waals surface area contributed by atoms with Gasteiger partial charge in [0.1, 0.15) is 12.4 Å². The van der Waals surface area contributed by atoms with Gasteiger partial charge in [-0.2, -0.15) is 0 Å². The summed E-state index contributed by atoms with van der Waals surface area (Å²) >= 11 is 0. The number of rotatable bonds is 9. The van der Waals surface area contributed by atoms with Gasteiger partial charge in [0.25, 0.3) is 5.82 Å². The number of unbranched alkanes of at least 4 members (excludes halogenated alkanes) is 3. The van der Waals surface area contributed by atoms with Crippen LogP contribution in [0.5, 0.6) is 0 Å². The molecular weight excluding hydrogens is 260 g/mol. The van der Waals surface area contributed by atoms with Gasteiger partial charge in [-0.25, -0.2) is 9.13 Å². The van der Waals surface area contributed by atoms with Crippen molar-refractivity contribution in [2.45, 2.75) is 52.8 Å². The van der Waals surface area contributed by atoms with Crippen LogP contribution in [0.15, 0.2) is 42.7 Å². The molecule has 3 nitrogen and oxygen atoms in total. The van der Waals surface area contributed by atoms with E-state index < -0.39 is 0 Å². The van der Waals surface area contributed by atoms with Crippen LogP contribution in [0, 0.1) is 0 Å². The Morgan fingerprint density at radius 1 is 1.05 bits per heavy atom. The van der Waals surface area contributed by atoms with Gasteiger partial charge in [-0.05, 0) is 31.9 Å². The Kier molecular flexibility index (Phi) is 6.48. The van der Waals surface area contributed by atoms with Gasteiger partial charge in [-0.3, -0.25) is 0 Å². The van der Waals surface area contributed by atoms with E-state index in [0.29, 0.717) is 6.73 Å². The van der Waals surface area contributed by atoms with Crippen LogP contribution in [0.4, 0.5) is 0 Å². The lowest BCUT2D eigenvalue weighted by Gasteiger charge is -2.05. The summed E-state index contributed by atoms with van der Waals surface area (Å²) in [6.07, 6.45) is 9.43. The van der Waals surface area contributed by atoms with Crippen molar-refractivity contribution in [3.8, 4) is 11.4 Å². The highest BCUT2D eigenvalue weighted by molar-refractivity contribution is 5.52. The van der Waals surface area contributed by atoms with Crippen LogP contribution in [0.25, 0.3) is 11.4 Å². The van der Waals surface area contributed by atoms with Crippen LogP contribution in [0.2, 0.25) is 0 Å². The number of ether oxygens (including phenoxy) is 1. The molecule has 0 atom stereocenters. The van der Waals surface area contributed by atoms with Crippen LogP contribution in [0.1, 0.15) is 39.5 Å². The van der Waals surface area contributed by atoms with Crippen LogP contribution in [0.3, 0.4) is 0 Å². The number of imidazole rings is 1. The third-order valence-corrected chi connectivity index (χ3v) is 3.69. The molecule has 0 aliphatic heterocycles. The van der Waals surface area contributed by atoms with Gasteiger partial charge < -0.3 is 4.74 Å². The fraction of sp³-hybridized carbons (Fsp3) is 0.500. The SMILES string of the molecule is CCCCCCn1cc[n+](COCC)c1-c1ccccc1. The van der Waals surface area contributed by atoms with Gasteiger partial charge in [-0.1, -0.05) is 38.0 Å². The molecule has 2 rings (SSSR count). The molecule has 0 spiro atoms. The first kappa shape index (κ1) is 15.8. The van der Waals surface area contributed by atoms with E-state index in [1.165, 1.54) is 37.1 Å². The summed E-state index contributed by atoms with van der Waals surface area (Å²) in [5.74, 6) is 1.24. The minimum Gasteiger partial charge on any atom is -0.342 e. The van der Waals surface area contributed by atoms with Crippen molar-refractivity contribution in [2.75, 3.05) is 6.61 Å². The minimum absolute atomic E-state index is 0.614. The third kappa shape index (κ3) is 4.43. The Balaban J connectivity index is 2.17. The second kappa shape index (κ2) is 8.63. The lowest BCUT2D eigenvalue weighted by atomic mass is 10.2. The maximum Gasteiger partial charge on any atom is 0.290 e. The normalized spacial score (nSPS) is 11.0. The van der Waals surface area contributed by atoms with E-state index >= 15 is 0 Å². The predicted molar refractivity (Wildman–Crippen MR) is 85.8 cm³/mol. The molecule has 114 valence electrons. The fourth-order valence-electron chi connectivity index (χ4n) is 2.57. The third-order valence-electron chi connectivity index (χ3n) is 3.69. The first-order valence-electron chi connectivity index (χ1n) is 8.08. The van der Waals surface area contributed by atoms with Gasteiger partial charge in [0.05, 0.1) is 12.1 Å². The van der Waals surface area contributed by atoms with Crippen LogP contribution in [-0.2, 0) is 18.0 Å². The molecule has 1 aromatic carbocycles. The second-order valence-corrected chi connectivity index (χ2v) is 5.33. The van der Waals surface area contributed by atoms with Gasteiger partial charge in [-0.15, -0.1) is 0 Å². The first-order chi connectivity index (χ1) is 10.4. The Labute approximate surface area is 128 Å². The van der Waals surface area contributed by atoms with Gasteiger partial charge in [0.2, 0.25) is 0 Å². The van der Waals surface area contributed by atoms with E-state index in [1.54, 1.807) is 0 Å². The number of hydrogen-bond donors (Lipinski definition) is 0. The Bertz CT molecular complexity index is 519. The first-order valence-corrected chi connectivity index (χ1v) is 8.08. The lowest BCUT2D eigenvalue weighted by molar-refractivity contribution is -0.722. The summed E-state index contributed by atoms with van der Waals surface area (Å²) in [6.45, 7) is 6.71. The van der Waals surface area contributed by atoms with Gasteiger partial charge >= 0.3 is 0 Å². The number of aryl methyl sites for hydroxylation is 1. The smallest absolute Gasteiger partial charge is 0.290 e. The molecule has 0 amide bonds. The molecule has 0 fully saturated rings. The molecule has 0 N–H and O–H groups in total. The van der Waals surface area contributed by atoms with Crippen molar-refractivity contribution in [1.82, 2.24) is 4.57 Å². The zero-order chi connectivity index (χ0) is 14.9. The topological polar surface area (TPSA) is 18.0 Å². The average molecular weight is 287 g/mol. The summed E-state index contributed by atoms with van der Waals surface area (Å²) in [5, 5.41) is 0. The number of aromatic nitrogens is 2. The summed E-state index contributed by atoms with van der Waals surface area (Å²) in [7, 11) is 0. The summed E-state index contributed by atoms with van der Waals surface area (Å²) in [5.41, 5.74) is 1.25. The monoisotopic (exact) mass is 287 g/mol. The van der Waals surface area contributed by atoms with E-state index in [1.807, 2.05) is 6.92 Å². The molecule has 0 unspecified atom stereocenters. The molecule has 0 radical (unpaired) electrons. The molecule has 0 aliphatic rings. The molecule has 1 aromatic heterocycles. The molecule has 0 saturated carbocycles. The molecule has 1 heterocycles. The highest BCUT2D eigenvalue weighted by Crippen LogP contribution is 2.16. The number of nitrogens with zero attached hydrogens (tertiary/aromatic N) is 2. The maximum atomic E-state index is 5.59. The zero-order valence-electron chi connectivity index (χ0n) is 13.3. The van der Waals surface area contributed by atoms with Crippen molar-refractivity contribution < 1.29 is 9.30 Å². The Morgan fingerprint density at radius 2 is 1.86 bits per heavy atom. The maximum absolute atomic E-state index is 5.59. The van der Waals surface area contributed by atoms with Crippen molar-refractivity contribution in [1.29, 1.82) is 0 Å². The predicted octanol–water partition coefficient (Wildman–Crippen LogP) is 4.02. The van der Waals surface area contributed by atoms with Gasteiger partial charge in [0.15, 0.2) is 6.73 Å². The Morgan fingerprint density at radius 3 is 2.57 bits per heavy atom. The molecule has 21 heavy (non-hydrogen) atoms. The highest BCUT2D eigenvalue weighted by atomic mass is 16.5. The average Bonchev–Trinajstić information content (AvgIpc) is 2.93. The summed E-state index contributed by atoms with van der Waals surface area (Å²) in [6, 6.07) is 10.6. The van der Waals surface area contributed by atoms with E-state index in [0.717, 1.165) is 13.2 Å². The molecule has 0 bridgehead atoms. The standard InChI is InChI=1S/C18H27N2O/c1-3-5-6-10-13-19-14-15-20(16-21-4-2)18(19)17-11-8-7-9-12-17/h7-9,11-12,14-15H,3-6,10,13,16H2,1-2H3/q+1. The minimum atomic E-state index is 0.614. The Hall–Kier alpha value is -1.61. The zero-order valence-corrected chi connectivity index (χ0v) is 13.3. The fourth-order valence-corrected chi connectivity index (χ4v) is 2.57. The molecule has 0 aliphatic carbocycles.